The van der Waals surface area contributed by atoms with Gasteiger partial charge in [0.05, 0.1) is 42.1 Å². The summed E-state index contributed by atoms with van der Waals surface area (Å²) in [7, 11) is -3.57. The Morgan fingerprint density at radius 2 is 1.82 bits per heavy atom. The lowest BCUT2D eigenvalue weighted by Gasteiger charge is -2.36. The average Bonchev–Trinajstić information content (AvgIpc) is 3.43. The van der Waals surface area contributed by atoms with Gasteiger partial charge < -0.3 is 25.0 Å². The molecule has 0 aliphatic carbocycles. The molecule has 0 aromatic carbocycles. The predicted octanol–water partition coefficient (Wildman–Crippen LogP) is 3.76. The summed E-state index contributed by atoms with van der Waals surface area (Å²) in [6, 6.07) is 9.07. The number of aromatic nitrogens is 3. The number of pyridine rings is 3. The molecule has 2 N–H and O–H groups in total. The molecule has 0 saturated carbocycles. The minimum Gasteiger partial charge on any atom is -0.381 e. The van der Waals surface area contributed by atoms with Crippen LogP contribution in [0.4, 0.5) is 23.0 Å². The quantitative estimate of drug-likeness (QED) is 0.435. The first kappa shape index (κ1) is 27.9. The number of amides is 1. The Kier molecular flexibility index (Phi) is 8.02. The number of nitrogens with zero attached hydrogens (tertiary/aromatic N) is 4. The number of sulfone groups is 1. The molecule has 11 nitrogen and oxygen atoms in total. The van der Waals surface area contributed by atoms with E-state index in [1.165, 1.54) is 6.92 Å². The van der Waals surface area contributed by atoms with E-state index in [1.54, 1.807) is 18.3 Å². The molecule has 3 aromatic rings. The maximum Gasteiger partial charge on any atom is 0.222 e. The van der Waals surface area contributed by atoms with Gasteiger partial charge in [-0.15, -0.1) is 0 Å². The Hall–Kier alpha value is -3.61. The number of hydrogen-bond acceptors (Lipinski definition) is 10. The summed E-state index contributed by atoms with van der Waals surface area (Å²) in [5.41, 5.74) is 3.73. The van der Waals surface area contributed by atoms with E-state index in [-0.39, 0.29) is 29.1 Å². The van der Waals surface area contributed by atoms with Gasteiger partial charge in [-0.3, -0.25) is 9.78 Å². The molecule has 0 bridgehead atoms. The molecule has 0 radical (unpaired) electrons. The predicted molar refractivity (Wildman–Crippen MR) is 153 cm³/mol. The molecule has 3 unspecified atom stereocenters. The van der Waals surface area contributed by atoms with E-state index < -0.39 is 9.84 Å². The second kappa shape index (κ2) is 11.5. The second-order valence-electron chi connectivity index (χ2n) is 10.4. The highest BCUT2D eigenvalue weighted by Gasteiger charge is 2.24. The Bertz CT molecular complexity index is 1480. The second-order valence-corrected chi connectivity index (χ2v) is 12.4. The van der Waals surface area contributed by atoms with Crippen molar-refractivity contribution in [2.24, 2.45) is 0 Å². The molecule has 0 spiro atoms. The van der Waals surface area contributed by atoms with Crippen LogP contribution in [-0.2, 0) is 24.1 Å². The maximum atomic E-state index is 12.5. The fourth-order valence-electron chi connectivity index (χ4n) is 5.08. The number of nitrogens with one attached hydrogen (secondary N) is 2. The lowest BCUT2D eigenvalue weighted by atomic mass is 9.99. The summed E-state index contributed by atoms with van der Waals surface area (Å²) in [4.78, 5) is 27.5. The number of anilines is 4. The average molecular weight is 567 g/mol. The molecule has 3 aromatic heterocycles. The van der Waals surface area contributed by atoms with Gasteiger partial charge in [-0.2, -0.15) is 0 Å². The van der Waals surface area contributed by atoms with E-state index in [9.17, 15) is 13.2 Å². The zero-order valence-corrected chi connectivity index (χ0v) is 23.9. The van der Waals surface area contributed by atoms with Crippen molar-refractivity contribution in [1.29, 1.82) is 0 Å². The third-order valence-corrected chi connectivity index (χ3v) is 7.85. The van der Waals surface area contributed by atoms with Gasteiger partial charge >= 0.3 is 0 Å². The van der Waals surface area contributed by atoms with Crippen molar-refractivity contribution in [3.63, 3.8) is 0 Å². The van der Waals surface area contributed by atoms with Crippen LogP contribution in [0.5, 0.6) is 0 Å². The van der Waals surface area contributed by atoms with Crippen LogP contribution >= 0.6 is 0 Å². The zero-order valence-electron chi connectivity index (χ0n) is 23.0. The van der Waals surface area contributed by atoms with E-state index in [4.69, 9.17) is 14.5 Å². The summed E-state index contributed by atoms with van der Waals surface area (Å²) >= 11 is 0. The van der Waals surface area contributed by atoms with Gasteiger partial charge in [0.2, 0.25) is 5.91 Å². The SMILES string of the molecule is CC(=O)Nc1cc(Nc2cc(C3CCOC3)cc(S(C)(=O)=O)n2)c(-c2ccc(N3CC(C)OC(C)C3)cn2)cn1. The van der Waals surface area contributed by atoms with Gasteiger partial charge in [-0.05, 0) is 50.1 Å². The normalized spacial score (nSPS) is 21.3. The van der Waals surface area contributed by atoms with E-state index in [0.29, 0.717) is 41.8 Å². The molecule has 5 heterocycles. The summed E-state index contributed by atoms with van der Waals surface area (Å²) in [5, 5.41) is 5.96. The molecule has 1 amide bonds. The van der Waals surface area contributed by atoms with Crippen LogP contribution in [0.15, 0.2) is 47.8 Å². The van der Waals surface area contributed by atoms with E-state index in [2.05, 4.69) is 39.3 Å². The highest BCUT2D eigenvalue weighted by Crippen LogP contribution is 2.34. The molecule has 5 rings (SSSR count). The standard InChI is InChI=1S/C28H34N6O5S/c1-17-14-34(15-18(2)39-17)22-5-6-24(29-12-22)23-13-30-26(31-19(3)35)11-25(23)32-27-9-21(20-7-8-38-16-20)10-28(33-27)40(4,36)37/h5-6,9-13,17-18,20H,7-8,14-16H2,1-4H3,(H2,30,31,32,33,35). The minimum atomic E-state index is -3.57. The fourth-order valence-corrected chi connectivity index (χ4v) is 5.70. The van der Waals surface area contributed by atoms with Gasteiger partial charge in [0.15, 0.2) is 14.9 Å². The van der Waals surface area contributed by atoms with Crippen LogP contribution in [0.25, 0.3) is 11.3 Å². The number of ether oxygens (including phenoxy) is 2. The van der Waals surface area contributed by atoms with Crippen LogP contribution in [0.3, 0.4) is 0 Å². The number of morpholine rings is 1. The maximum absolute atomic E-state index is 12.5. The molecule has 212 valence electrons. The Labute approximate surface area is 234 Å². The van der Waals surface area contributed by atoms with Gasteiger partial charge in [-0.1, -0.05) is 0 Å². The summed E-state index contributed by atoms with van der Waals surface area (Å²) in [6.07, 6.45) is 5.65. The Morgan fingerprint density at radius 1 is 1.05 bits per heavy atom. The third-order valence-electron chi connectivity index (χ3n) is 6.88. The van der Waals surface area contributed by atoms with Crippen molar-refractivity contribution < 1.29 is 22.7 Å². The largest absolute Gasteiger partial charge is 0.381 e. The number of rotatable bonds is 7. The minimum absolute atomic E-state index is 0.0199. The molecule has 12 heteroatoms. The lowest BCUT2D eigenvalue weighted by Crippen LogP contribution is -2.45. The topological polar surface area (TPSA) is 136 Å². The number of hydrogen-bond donors (Lipinski definition) is 2. The van der Waals surface area contributed by atoms with Crippen LogP contribution < -0.4 is 15.5 Å². The van der Waals surface area contributed by atoms with Crippen LogP contribution in [0.2, 0.25) is 0 Å². The van der Waals surface area contributed by atoms with Gasteiger partial charge in [0.25, 0.3) is 0 Å². The molecule has 2 aliphatic rings. The first-order chi connectivity index (χ1) is 19.0. The van der Waals surface area contributed by atoms with Gasteiger partial charge in [0.1, 0.15) is 11.6 Å². The number of carbonyl (C=O) groups excluding carboxylic acids is 1. The summed E-state index contributed by atoms with van der Waals surface area (Å²) < 4.78 is 36.3. The first-order valence-electron chi connectivity index (χ1n) is 13.3. The van der Waals surface area contributed by atoms with Crippen molar-refractivity contribution >= 4 is 38.8 Å². The van der Waals surface area contributed by atoms with Crippen molar-refractivity contribution in [2.75, 3.05) is 48.1 Å². The van der Waals surface area contributed by atoms with E-state index >= 15 is 0 Å². The van der Waals surface area contributed by atoms with Crippen LogP contribution in [0.1, 0.15) is 38.7 Å². The first-order valence-corrected chi connectivity index (χ1v) is 15.2. The zero-order chi connectivity index (χ0) is 28.4. The van der Waals surface area contributed by atoms with Crippen molar-refractivity contribution in [2.45, 2.75) is 50.3 Å². The van der Waals surface area contributed by atoms with Gasteiger partial charge in [0, 0.05) is 56.6 Å². The van der Waals surface area contributed by atoms with Crippen molar-refractivity contribution in [3.05, 3.63) is 48.3 Å². The fraction of sp³-hybridized carbons (Fsp3) is 0.429. The number of carbonyl (C=O) groups is 1. The Morgan fingerprint density at radius 3 is 2.45 bits per heavy atom. The monoisotopic (exact) mass is 566 g/mol. The molecule has 2 saturated heterocycles. The van der Waals surface area contributed by atoms with Crippen LogP contribution in [0, 0.1) is 0 Å². The van der Waals surface area contributed by atoms with E-state index in [1.807, 2.05) is 24.4 Å². The van der Waals surface area contributed by atoms with Gasteiger partial charge in [-0.25, -0.2) is 18.4 Å². The lowest BCUT2D eigenvalue weighted by molar-refractivity contribution is -0.114. The molecular weight excluding hydrogens is 532 g/mol. The smallest absolute Gasteiger partial charge is 0.222 e. The summed E-state index contributed by atoms with van der Waals surface area (Å²) in [6.45, 7) is 8.23. The molecule has 40 heavy (non-hydrogen) atoms. The highest BCUT2D eigenvalue weighted by atomic mass is 32.2. The molecule has 2 fully saturated rings. The van der Waals surface area contributed by atoms with Crippen LogP contribution in [-0.4, -0.2) is 74.0 Å². The summed E-state index contributed by atoms with van der Waals surface area (Å²) in [5.74, 6) is 0.522. The Balaban J connectivity index is 1.51. The molecule has 2 aliphatic heterocycles. The third kappa shape index (κ3) is 6.57. The van der Waals surface area contributed by atoms with Crippen molar-refractivity contribution in [3.8, 4) is 11.3 Å². The molecule has 3 atom stereocenters. The molecular formula is C28H34N6O5S. The highest BCUT2D eigenvalue weighted by molar-refractivity contribution is 7.90. The van der Waals surface area contributed by atoms with E-state index in [0.717, 1.165) is 37.0 Å². The van der Waals surface area contributed by atoms with Crippen molar-refractivity contribution in [1.82, 2.24) is 15.0 Å².